The summed E-state index contributed by atoms with van der Waals surface area (Å²) in [6.45, 7) is 1.99. The van der Waals surface area contributed by atoms with Crippen LogP contribution in [0.1, 0.15) is 15.4 Å². The highest BCUT2D eigenvalue weighted by atomic mass is 15.1. The van der Waals surface area contributed by atoms with Gasteiger partial charge in [0.2, 0.25) is 0 Å². The van der Waals surface area contributed by atoms with E-state index in [0.29, 0.717) is 5.56 Å². The van der Waals surface area contributed by atoms with Gasteiger partial charge < -0.3 is 0 Å². The molecule has 188 valence electrons. The molecule has 0 unspecified atom stereocenters. The van der Waals surface area contributed by atoms with Crippen molar-refractivity contribution >= 4 is 43.4 Å². The highest BCUT2D eigenvalue weighted by Gasteiger charge is 2.18. The Bertz CT molecular complexity index is 2560. The summed E-state index contributed by atoms with van der Waals surface area (Å²) >= 11 is 0. The molecular weight excluding hydrogens is 484 g/mol. The fourth-order valence-electron chi connectivity index (χ4n) is 5.98. The molecule has 1 aromatic heterocycles. The van der Waals surface area contributed by atoms with Gasteiger partial charge in [0.25, 0.3) is 0 Å². The zero-order valence-electron chi connectivity index (χ0n) is 28.6. The number of hydrogen-bond donors (Lipinski definition) is 0. The van der Waals surface area contributed by atoms with Crippen LogP contribution >= 0.6 is 0 Å². The normalized spacial score (nSPS) is 14.1. The summed E-state index contributed by atoms with van der Waals surface area (Å²) in [7, 11) is 0. The Kier molecular flexibility index (Phi) is 3.72. The van der Waals surface area contributed by atoms with Crippen molar-refractivity contribution < 1.29 is 9.60 Å². The third-order valence-corrected chi connectivity index (χ3v) is 7.62. The molecule has 2 heteroatoms. The molecule has 0 N–H and O–H groups in total. The average Bonchev–Trinajstić information content (AvgIpc) is 3.43. The van der Waals surface area contributed by atoms with Crippen molar-refractivity contribution in [3.63, 3.8) is 0 Å². The molecule has 0 spiro atoms. The van der Waals surface area contributed by atoms with Crippen LogP contribution in [-0.4, -0.2) is 9.55 Å². The van der Waals surface area contributed by atoms with Crippen molar-refractivity contribution in [3.05, 3.63) is 145 Å². The second kappa shape index (κ2) is 8.93. The van der Waals surface area contributed by atoms with E-state index in [1.165, 1.54) is 0 Å². The van der Waals surface area contributed by atoms with E-state index in [1.54, 1.807) is 0 Å². The van der Waals surface area contributed by atoms with Crippen LogP contribution in [0.4, 0.5) is 0 Å². The fraction of sp³-hybridized carbons (Fsp3) is 0.0263. The van der Waals surface area contributed by atoms with Crippen molar-refractivity contribution in [1.29, 1.82) is 0 Å². The van der Waals surface area contributed by atoms with Crippen LogP contribution in [0.25, 0.3) is 71.3 Å². The maximum atomic E-state index is 9.14. The van der Waals surface area contributed by atoms with Crippen LogP contribution in [0, 0.1) is 6.92 Å². The molecule has 0 radical (unpaired) electrons. The zero-order chi connectivity index (χ0) is 32.7. The number of aromatic nitrogens is 2. The smallest absolute Gasteiger partial charge is 0.111 e. The Labute approximate surface area is 242 Å². The van der Waals surface area contributed by atoms with Crippen molar-refractivity contribution in [2.75, 3.05) is 0 Å². The maximum Gasteiger partial charge on any atom is 0.111 e. The van der Waals surface area contributed by atoms with E-state index < -0.39 is 12.1 Å². The van der Waals surface area contributed by atoms with Crippen LogP contribution in [0.3, 0.4) is 0 Å². The van der Waals surface area contributed by atoms with Crippen LogP contribution < -0.4 is 0 Å². The van der Waals surface area contributed by atoms with Gasteiger partial charge in [-0.15, -0.1) is 0 Å². The number of aryl methyl sites for hydroxylation is 1. The molecule has 0 amide bonds. The van der Waals surface area contributed by atoms with Crippen LogP contribution in [0.2, 0.25) is 0 Å². The lowest BCUT2D eigenvalue weighted by Crippen LogP contribution is -1.97. The summed E-state index contributed by atoms with van der Waals surface area (Å²) in [4.78, 5) is 4.77. The van der Waals surface area contributed by atoms with Gasteiger partial charge in [-0.25, -0.2) is 4.98 Å². The van der Waals surface area contributed by atoms with Crippen LogP contribution in [-0.2, 0) is 0 Å². The second-order valence-corrected chi connectivity index (χ2v) is 9.87. The molecule has 8 aromatic rings. The number of rotatable bonds is 3. The first-order valence-corrected chi connectivity index (χ1v) is 13.2. The summed E-state index contributed by atoms with van der Waals surface area (Å²) in [5, 5.41) is 3.35. The molecule has 0 aliphatic rings. The van der Waals surface area contributed by atoms with E-state index in [1.807, 2.05) is 79.7 Å². The molecule has 2 nitrogen and oxygen atoms in total. The first-order valence-electron chi connectivity index (χ1n) is 16.7. The van der Waals surface area contributed by atoms with Gasteiger partial charge >= 0.3 is 0 Å². The number of nitrogens with zero attached hydrogens (tertiary/aromatic N) is 2. The molecule has 8 rings (SSSR count). The molecule has 0 aliphatic carbocycles. The minimum atomic E-state index is -0.468. The Hall–Kier alpha value is -5.21. The van der Waals surface area contributed by atoms with Crippen molar-refractivity contribution in [3.8, 4) is 27.9 Å². The van der Waals surface area contributed by atoms with Gasteiger partial charge in [0.15, 0.2) is 0 Å². The highest BCUT2D eigenvalue weighted by molar-refractivity contribution is 6.23. The maximum absolute atomic E-state index is 9.14. The quantitative estimate of drug-likeness (QED) is 0.213. The van der Waals surface area contributed by atoms with Gasteiger partial charge in [0, 0.05) is 5.69 Å². The van der Waals surface area contributed by atoms with E-state index in [-0.39, 0.29) is 46.5 Å². The number of fused-ring (bicyclic) bond motifs is 4. The van der Waals surface area contributed by atoms with E-state index in [2.05, 4.69) is 28.8 Å². The van der Waals surface area contributed by atoms with E-state index in [4.69, 9.17) is 14.6 Å². The first kappa shape index (κ1) is 16.7. The summed E-state index contributed by atoms with van der Waals surface area (Å²) in [6.07, 6.45) is 0. The van der Waals surface area contributed by atoms with Crippen molar-refractivity contribution in [1.82, 2.24) is 9.55 Å². The fourth-order valence-corrected chi connectivity index (χ4v) is 5.98. The average molecular weight is 518 g/mol. The van der Waals surface area contributed by atoms with Gasteiger partial charge in [-0.2, -0.15) is 0 Å². The van der Waals surface area contributed by atoms with Crippen LogP contribution in [0.15, 0.2) is 139 Å². The first-order chi connectivity index (χ1) is 22.7. The van der Waals surface area contributed by atoms with Crippen molar-refractivity contribution in [2.45, 2.75) is 6.92 Å². The molecule has 0 aliphatic heterocycles. The largest absolute Gasteiger partial charge is 0.297 e. The molecular formula is C38H26N2. The standard InChI is InChI=1S/C38H26N2/c1-25-39-35-22-8-9-23-36(35)40(25)28-15-10-14-27(24-28)37-31-17-4-6-19-33(31)38(34-20-7-5-18-32(34)37)30-21-11-13-26-12-2-3-16-29(26)30/h2-24H,1H3/i2D,3D,11D,12D,13D,16D,21D. The lowest BCUT2D eigenvalue weighted by molar-refractivity contribution is 1.00. The Morgan fingerprint density at radius 1 is 0.600 bits per heavy atom. The summed E-state index contributed by atoms with van der Waals surface area (Å²) in [5.41, 5.74) is 5.66. The third-order valence-electron chi connectivity index (χ3n) is 7.62. The number of hydrogen-bond acceptors (Lipinski definition) is 1. The predicted octanol–water partition coefficient (Wildman–Crippen LogP) is 10.1. The minimum Gasteiger partial charge on any atom is -0.297 e. The second-order valence-electron chi connectivity index (χ2n) is 9.87. The molecule has 0 fully saturated rings. The zero-order valence-corrected chi connectivity index (χ0v) is 21.6. The van der Waals surface area contributed by atoms with Gasteiger partial charge in [-0.05, 0) is 85.8 Å². The van der Waals surface area contributed by atoms with E-state index in [9.17, 15) is 0 Å². The van der Waals surface area contributed by atoms with Gasteiger partial charge in [-0.1, -0.05) is 115 Å². The molecule has 0 saturated carbocycles. The van der Waals surface area contributed by atoms with E-state index in [0.717, 1.165) is 55.2 Å². The van der Waals surface area contributed by atoms with Crippen molar-refractivity contribution in [2.24, 2.45) is 0 Å². The molecule has 1 heterocycles. The predicted molar refractivity (Wildman–Crippen MR) is 169 cm³/mol. The lowest BCUT2D eigenvalue weighted by Gasteiger charge is -2.19. The molecule has 40 heavy (non-hydrogen) atoms. The minimum absolute atomic E-state index is 0.0557. The molecule has 0 saturated heterocycles. The Morgan fingerprint density at radius 2 is 1.25 bits per heavy atom. The Balaban J connectivity index is 1.51. The molecule has 0 atom stereocenters. The topological polar surface area (TPSA) is 17.8 Å². The molecule has 0 bridgehead atoms. The number of benzene rings is 7. The highest BCUT2D eigenvalue weighted by Crippen LogP contribution is 2.45. The SMILES string of the molecule is [2H]c1c([2H])c([2H])c2c(-c3c4ccccc4c(-c4cccc(-n5c(C)nc6ccccc65)c4)c4ccccc34)c([2H])c([2H])c([2H])c2c1[2H]. The van der Waals surface area contributed by atoms with Gasteiger partial charge in [-0.3, -0.25) is 4.57 Å². The Morgan fingerprint density at radius 3 is 2.02 bits per heavy atom. The van der Waals surface area contributed by atoms with Gasteiger partial charge in [0.05, 0.1) is 20.6 Å². The third kappa shape index (κ3) is 3.40. The monoisotopic (exact) mass is 517 g/mol. The van der Waals surface area contributed by atoms with Gasteiger partial charge in [0.1, 0.15) is 5.82 Å². The summed E-state index contributed by atoms with van der Waals surface area (Å²) < 4.78 is 63.0. The molecule has 7 aromatic carbocycles. The number of imidazole rings is 1. The van der Waals surface area contributed by atoms with Crippen LogP contribution in [0.5, 0.6) is 0 Å². The van der Waals surface area contributed by atoms with E-state index >= 15 is 0 Å². The summed E-state index contributed by atoms with van der Waals surface area (Å²) in [5.74, 6) is 0.872. The number of para-hydroxylation sites is 2. The lowest BCUT2D eigenvalue weighted by atomic mass is 9.84. The summed E-state index contributed by atoms with van der Waals surface area (Å²) in [6, 6.07) is 29.4.